The Morgan fingerprint density at radius 2 is 2.24 bits per heavy atom. The van der Waals surface area contributed by atoms with Gasteiger partial charge in [-0.05, 0) is 13.3 Å². The van der Waals surface area contributed by atoms with E-state index in [4.69, 9.17) is 4.52 Å². The summed E-state index contributed by atoms with van der Waals surface area (Å²) in [5, 5.41) is 6.21. The molecule has 6 heteroatoms. The van der Waals surface area contributed by atoms with Gasteiger partial charge in [-0.25, -0.2) is 0 Å². The van der Waals surface area contributed by atoms with Gasteiger partial charge in [-0.1, -0.05) is 12.1 Å². The summed E-state index contributed by atoms with van der Waals surface area (Å²) in [7, 11) is 0. The Bertz CT molecular complexity index is 400. The van der Waals surface area contributed by atoms with Crippen molar-refractivity contribution in [2.24, 2.45) is 0 Å². The number of hydrogen-bond acceptors (Lipinski definition) is 4. The van der Waals surface area contributed by atoms with E-state index in [1.807, 2.05) is 6.92 Å². The van der Waals surface area contributed by atoms with Gasteiger partial charge in [0.15, 0.2) is 5.82 Å². The summed E-state index contributed by atoms with van der Waals surface area (Å²) in [5.41, 5.74) is 0. The van der Waals surface area contributed by atoms with Gasteiger partial charge in [-0.15, -0.1) is 0 Å². The second-order valence-electron chi connectivity index (χ2n) is 3.81. The van der Waals surface area contributed by atoms with E-state index >= 15 is 0 Å². The maximum Gasteiger partial charge on any atom is 0.245 e. The van der Waals surface area contributed by atoms with Crippen LogP contribution in [0.5, 0.6) is 0 Å². The van der Waals surface area contributed by atoms with Crippen molar-refractivity contribution < 1.29 is 14.1 Å². The summed E-state index contributed by atoms with van der Waals surface area (Å²) < 4.78 is 4.82. The van der Waals surface area contributed by atoms with E-state index in [0.29, 0.717) is 18.1 Å². The summed E-state index contributed by atoms with van der Waals surface area (Å²) in [6.07, 6.45) is 0.815. The van der Waals surface area contributed by atoms with Crippen LogP contribution < -0.4 is 5.32 Å². The minimum absolute atomic E-state index is 0.0368. The molecule has 1 rings (SSSR count). The van der Waals surface area contributed by atoms with E-state index < -0.39 is 0 Å². The van der Waals surface area contributed by atoms with Crippen molar-refractivity contribution >= 4 is 17.6 Å². The molecule has 0 spiro atoms. The van der Waals surface area contributed by atoms with Gasteiger partial charge in [0.1, 0.15) is 5.76 Å². The van der Waals surface area contributed by atoms with E-state index in [1.54, 1.807) is 13.0 Å². The Hall–Kier alpha value is -1.85. The van der Waals surface area contributed by atoms with Crippen LogP contribution in [0.3, 0.4) is 0 Å². The van der Waals surface area contributed by atoms with Crippen LogP contribution >= 0.6 is 0 Å². The molecule has 0 radical (unpaired) electrons. The molecule has 1 heterocycles. The monoisotopic (exact) mass is 239 g/mol. The normalized spacial score (nSPS) is 10.1. The number of carbonyl (C=O) groups is 2. The lowest BCUT2D eigenvalue weighted by Crippen LogP contribution is -2.37. The topological polar surface area (TPSA) is 75.4 Å². The number of amides is 2. The van der Waals surface area contributed by atoms with Crippen LogP contribution in [-0.4, -0.2) is 35.0 Å². The quantitative estimate of drug-likeness (QED) is 0.837. The molecule has 0 atom stereocenters. The van der Waals surface area contributed by atoms with E-state index in [0.717, 1.165) is 6.42 Å². The zero-order chi connectivity index (χ0) is 12.8. The fraction of sp³-hybridized carbons (Fsp3) is 0.545. The smallest absolute Gasteiger partial charge is 0.245 e. The molecule has 0 bridgehead atoms. The molecule has 0 saturated heterocycles. The Kier molecular flexibility index (Phi) is 4.68. The lowest BCUT2D eigenvalue weighted by atomic mass is 10.3. The predicted octanol–water partition coefficient (Wildman–Crippen LogP) is 1.18. The van der Waals surface area contributed by atoms with Crippen LogP contribution in [0.25, 0.3) is 0 Å². The average Bonchev–Trinajstić information content (AvgIpc) is 2.63. The third-order valence-corrected chi connectivity index (χ3v) is 2.17. The van der Waals surface area contributed by atoms with E-state index in [-0.39, 0.29) is 18.4 Å². The van der Waals surface area contributed by atoms with Gasteiger partial charge < -0.3 is 14.7 Å². The second kappa shape index (κ2) is 6.03. The lowest BCUT2D eigenvalue weighted by molar-refractivity contribution is -0.132. The minimum Gasteiger partial charge on any atom is -0.360 e. The molecule has 0 fully saturated rings. The molecule has 0 aliphatic rings. The fourth-order valence-corrected chi connectivity index (χ4v) is 1.40. The molecule has 6 nitrogen and oxygen atoms in total. The van der Waals surface area contributed by atoms with Crippen LogP contribution in [0.15, 0.2) is 10.6 Å². The number of aryl methyl sites for hydroxylation is 1. The van der Waals surface area contributed by atoms with E-state index in [1.165, 1.54) is 11.8 Å². The standard InChI is InChI=1S/C11H17N3O3/c1-4-5-14(9(3)15)7-11(16)12-10-6-8(2)17-13-10/h6H,4-5,7H2,1-3H3,(H,12,13,16). The summed E-state index contributed by atoms with van der Waals surface area (Å²) in [5.74, 6) is 0.602. The van der Waals surface area contributed by atoms with Crippen LogP contribution in [-0.2, 0) is 9.59 Å². The fourth-order valence-electron chi connectivity index (χ4n) is 1.40. The Morgan fingerprint density at radius 1 is 1.53 bits per heavy atom. The maximum atomic E-state index is 11.6. The SMILES string of the molecule is CCCN(CC(=O)Nc1cc(C)on1)C(C)=O. The number of carbonyl (C=O) groups excluding carboxylic acids is 2. The van der Waals surface area contributed by atoms with Gasteiger partial charge >= 0.3 is 0 Å². The third-order valence-electron chi connectivity index (χ3n) is 2.17. The zero-order valence-corrected chi connectivity index (χ0v) is 10.3. The highest BCUT2D eigenvalue weighted by molar-refractivity contribution is 5.93. The maximum absolute atomic E-state index is 11.6. The Balaban J connectivity index is 2.50. The van der Waals surface area contributed by atoms with Gasteiger partial charge in [-0.3, -0.25) is 9.59 Å². The molecule has 0 unspecified atom stereocenters. The Labute approximate surface area is 99.9 Å². The summed E-state index contributed by atoms with van der Waals surface area (Å²) in [6, 6.07) is 1.62. The van der Waals surface area contributed by atoms with Gasteiger partial charge in [0, 0.05) is 19.5 Å². The predicted molar refractivity (Wildman–Crippen MR) is 62.4 cm³/mol. The van der Waals surface area contributed by atoms with E-state index in [9.17, 15) is 9.59 Å². The summed E-state index contributed by atoms with van der Waals surface area (Å²) in [6.45, 7) is 5.75. The van der Waals surface area contributed by atoms with Crippen molar-refractivity contribution in [3.63, 3.8) is 0 Å². The lowest BCUT2D eigenvalue weighted by Gasteiger charge is -2.18. The number of anilines is 1. The first-order valence-electron chi connectivity index (χ1n) is 5.51. The van der Waals surface area contributed by atoms with Crippen LogP contribution in [0, 0.1) is 6.92 Å². The van der Waals surface area contributed by atoms with Gasteiger partial charge in [0.05, 0.1) is 6.54 Å². The minimum atomic E-state index is -0.276. The van der Waals surface area contributed by atoms with Gasteiger partial charge in [0.25, 0.3) is 0 Å². The number of nitrogens with zero attached hydrogens (tertiary/aromatic N) is 2. The van der Waals surface area contributed by atoms with Crippen LogP contribution in [0.2, 0.25) is 0 Å². The zero-order valence-electron chi connectivity index (χ0n) is 10.3. The first-order valence-corrected chi connectivity index (χ1v) is 5.51. The van der Waals surface area contributed by atoms with Crippen molar-refractivity contribution in [3.8, 4) is 0 Å². The van der Waals surface area contributed by atoms with Gasteiger partial charge in [-0.2, -0.15) is 0 Å². The highest BCUT2D eigenvalue weighted by Crippen LogP contribution is 2.06. The van der Waals surface area contributed by atoms with Crippen molar-refractivity contribution in [3.05, 3.63) is 11.8 Å². The molecule has 17 heavy (non-hydrogen) atoms. The molecule has 1 aromatic rings. The molecule has 0 aliphatic carbocycles. The molecule has 0 aliphatic heterocycles. The molecule has 1 aromatic heterocycles. The number of nitrogens with one attached hydrogen (secondary N) is 1. The highest BCUT2D eigenvalue weighted by atomic mass is 16.5. The van der Waals surface area contributed by atoms with Crippen molar-refractivity contribution in [2.75, 3.05) is 18.4 Å². The first kappa shape index (κ1) is 13.2. The molecule has 0 saturated carbocycles. The van der Waals surface area contributed by atoms with Gasteiger partial charge in [0.2, 0.25) is 11.8 Å². The summed E-state index contributed by atoms with van der Waals surface area (Å²) >= 11 is 0. The molecular weight excluding hydrogens is 222 g/mol. The van der Waals surface area contributed by atoms with Crippen molar-refractivity contribution in [2.45, 2.75) is 27.2 Å². The number of aromatic nitrogens is 1. The third kappa shape index (κ3) is 4.26. The van der Waals surface area contributed by atoms with E-state index in [2.05, 4.69) is 10.5 Å². The van der Waals surface area contributed by atoms with Crippen LogP contribution in [0.1, 0.15) is 26.0 Å². The largest absolute Gasteiger partial charge is 0.360 e. The Morgan fingerprint density at radius 3 is 2.71 bits per heavy atom. The van der Waals surface area contributed by atoms with Crippen molar-refractivity contribution in [1.82, 2.24) is 10.1 Å². The first-order chi connectivity index (χ1) is 8.02. The molecule has 0 aromatic carbocycles. The molecule has 2 amide bonds. The summed E-state index contributed by atoms with van der Waals surface area (Å²) in [4.78, 5) is 24.4. The van der Waals surface area contributed by atoms with Crippen LogP contribution in [0.4, 0.5) is 5.82 Å². The molecule has 1 N–H and O–H groups in total. The van der Waals surface area contributed by atoms with Crippen molar-refractivity contribution in [1.29, 1.82) is 0 Å². The number of hydrogen-bond donors (Lipinski definition) is 1. The average molecular weight is 239 g/mol. The molecule has 94 valence electrons. The number of rotatable bonds is 5. The molecular formula is C11H17N3O3. The highest BCUT2D eigenvalue weighted by Gasteiger charge is 2.13. The second-order valence-corrected chi connectivity index (χ2v) is 3.81.